The highest BCUT2D eigenvalue weighted by Gasteiger charge is 2.12. The van der Waals surface area contributed by atoms with E-state index in [1.54, 1.807) is 0 Å². The van der Waals surface area contributed by atoms with Crippen LogP contribution in [0, 0.1) is 0 Å². The molecule has 0 amide bonds. The Morgan fingerprint density at radius 3 is 2.45 bits per heavy atom. The molecule has 0 spiro atoms. The summed E-state index contributed by atoms with van der Waals surface area (Å²) in [6.45, 7) is 3.48. The Hall–Kier alpha value is 0.250. The molecule has 0 aliphatic heterocycles. The molecule has 1 N–H and O–H groups in total. The Morgan fingerprint density at radius 2 is 1.91 bits per heavy atom. The second kappa shape index (κ2) is 6.93. The Labute approximate surface area is 76.4 Å². The molecule has 1 nitrogen and oxygen atoms in total. The van der Waals surface area contributed by atoms with Crippen LogP contribution >= 0.6 is 12.4 Å². The number of hydrogen-bond donors (Lipinski definition) is 1. The van der Waals surface area contributed by atoms with Gasteiger partial charge in [0.25, 0.3) is 0 Å². The molecule has 0 aromatic heterocycles. The van der Waals surface area contributed by atoms with Gasteiger partial charge in [-0.1, -0.05) is 26.2 Å². The van der Waals surface area contributed by atoms with Crippen LogP contribution in [0.15, 0.2) is 0 Å². The zero-order chi connectivity index (χ0) is 7.23. The molecule has 0 radical (unpaired) electrons. The molecule has 0 bridgehead atoms. The van der Waals surface area contributed by atoms with Gasteiger partial charge in [-0.15, -0.1) is 12.4 Å². The van der Waals surface area contributed by atoms with E-state index >= 15 is 0 Å². The zero-order valence-corrected chi connectivity index (χ0v) is 8.25. The number of nitrogens with one attached hydrogen (secondary N) is 1. The van der Waals surface area contributed by atoms with Crippen molar-refractivity contribution in [1.29, 1.82) is 0 Å². The molecule has 1 rings (SSSR count). The molecule has 2 heteroatoms. The van der Waals surface area contributed by atoms with Crippen molar-refractivity contribution in [1.82, 2.24) is 5.32 Å². The van der Waals surface area contributed by atoms with E-state index in [-0.39, 0.29) is 12.4 Å². The largest absolute Gasteiger partial charge is 0.314 e. The van der Waals surface area contributed by atoms with Crippen molar-refractivity contribution in [2.45, 2.75) is 51.5 Å². The first-order valence-electron chi connectivity index (χ1n) is 4.67. The summed E-state index contributed by atoms with van der Waals surface area (Å²) >= 11 is 0. The van der Waals surface area contributed by atoms with Gasteiger partial charge in [-0.2, -0.15) is 0 Å². The number of unbranched alkanes of at least 4 members (excludes halogenated alkanes) is 1. The fraction of sp³-hybridized carbons (Fsp3) is 1.00. The monoisotopic (exact) mass is 177 g/mol. The van der Waals surface area contributed by atoms with Crippen LogP contribution in [0.5, 0.6) is 0 Å². The molecule has 11 heavy (non-hydrogen) atoms. The number of hydrogen-bond acceptors (Lipinski definition) is 1. The summed E-state index contributed by atoms with van der Waals surface area (Å²) in [5, 5.41) is 3.58. The standard InChI is InChI=1S/C9H19N.ClH/c1-2-3-8-10-9-6-4-5-7-9;/h9-10H,2-8H2,1H3;1H. The molecule has 1 aliphatic carbocycles. The van der Waals surface area contributed by atoms with E-state index in [0.717, 1.165) is 6.04 Å². The third-order valence-electron chi connectivity index (χ3n) is 2.32. The number of rotatable bonds is 4. The summed E-state index contributed by atoms with van der Waals surface area (Å²) in [6, 6.07) is 0.867. The van der Waals surface area contributed by atoms with E-state index in [4.69, 9.17) is 0 Å². The predicted molar refractivity (Wildman–Crippen MR) is 52.4 cm³/mol. The fourth-order valence-electron chi connectivity index (χ4n) is 1.61. The average Bonchev–Trinajstić information content (AvgIpc) is 2.41. The fourth-order valence-corrected chi connectivity index (χ4v) is 1.61. The molecular formula is C9H20ClN. The van der Waals surface area contributed by atoms with E-state index < -0.39 is 0 Å². The van der Waals surface area contributed by atoms with Crippen LogP contribution in [0.4, 0.5) is 0 Å². The van der Waals surface area contributed by atoms with Crippen LogP contribution in [-0.4, -0.2) is 12.6 Å². The molecule has 0 aromatic rings. The Morgan fingerprint density at radius 1 is 1.27 bits per heavy atom. The summed E-state index contributed by atoms with van der Waals surface area (Å²) in [7, 11) is 0. The Balaban J connectivity index is 0.000001000. The van der Waals surface area contributed by atoms with Crippen molar-refractivity contribution < 1.29 is 0 Å². The topological polar surface area (TPSA) is 12.0 Å². The van der Waals surface area contributed by atoms with E-state index in [9.17, 15) is 0 Å². The molecular weight excluding hydrogens is 158 g/mol. The second-order valence-electron chi connectivity index (χ2n) is 3.29. The van der Waals surface area contributed by atoms with Gasteiger partial charge >= 0.3 is 0 Å². The molecule has 1 saturated carbocycles. The lowest BCUT2D eigenvalue weighted by Crippen LogP contribution is -2.26. The summed E-state index contributed by atoms with van der Waals surface area (Å²) in [5.41, 5.74) is 0. The summed E-state index contributed by atoms with van der Waals surface area (Å²) in [6.07, 6.45) is 8.40. The van der Waals surface area contributed by atoms with Gasteiger partial charge in [0.05, 0.1) is 0 Å². The maximum atomic E-state index is 3.58. The molecule has 0 atom stereocenters. The third-order valence-corrected chi connectivity index (χ3v) is 2.32. The van der Waals surface area contributed by atoms with Crippen molar-refractivity contribution in [3.63, 3.8) is 0 Å². The Kier molecular flexibility index (Phi) is 7.09. The van der Waals surface area contributed by atoms with Gasteiger partial charge in [0, 0.05) is 6.04 Å². The smallest absolute Gasteiger partial charge is 0.00670 e. The first kappa shape index (κ1) is 11.2. The summed E-state index contributed by atoms with van der Waals surface area (Å²) in [4.78, 5) is 0. The van der Waals surface area contributed by atoms with Crippen LogP contribution in [-0.2, 0) is 0 Å². The van der Waals surface area contributed by atoms with Crippen LogP contribution in [0.25, 0.3) is 0 Å². The van der Waals surface area contributed by atoms with E-state index in [2.05, 4.69) is 12.2 Å². The predicted octanol–water partition coefficient (Wildman–Crippen LogP) is 2.74. The van der Waals surface area contributed by atoms with Crippen LogP contribution in [0.3, 0.4) is 0 Å². The molecule has 0 unspecified atom stereocenters. The second-order valence-corrected chi connectivity index (χ2v) is 3.29. The van der Waals surface area contributed by atoms with E-state index in [1.807, 2.05) is 0 Å². The lowest BCUT2D eigenvalue weighted by atomic mass is 10.2. The first-order chi connectivity index (χ1) is 4.93. The van der Waals surface area contributed by atoms with Gasteiger partial charge < -0.3 is 5.32 Å². The Bertz CT molecular complexity index is 79.6. The van der Waals surface area contributed by atoms with Crippen molar-refractivity contribution in [2.24, 2.45) is 0 Å². The maximum absolute atomic E-state index is 3.58. The molecule has 0 saturated heterocycles. The highest BCUT2D eigenvalue weighted by atomic mass is 35.5. The van der Waals surface area contributed by atoms with E-state index in [1.165, 1.54) is 45.1 Å². The first-order valence-corrected chi connectivity index (χ1v) is 4.67. The van der Waals surface area contributed by atoms with Crippen LogP contribution in [0.2, 0.25) is 0 Å². The van der Waals surface area contributed by atoms with Gasteiger partial charge in [0.1, 0.15) is 0 Å². The van der Waals surface area contributed by atoms with Gasteiger partial charge in [-0.05, 0) is 25.8 Å². The minimum atomic E-state index is 0. The van der Waals surface area contributed by atoms with Crippen LogP contribution in [0.1, 0.15) is 45.4 Å². The lowest BCUT2D eigenvalue weighted by molar-refractivity contribution is 0.513. The molecule has 1 fully saturated rings. The quantitative estimate of drug-likeness (QED) is 0.652. The molecule has 0 heterocycles. The van der Waals surface area contributed by atoms with Gasteiger partial charge in [0.15, 0.2) is 0 Å². The third kappa shape index (κ3) is 4.65. The van der Waals surface area contributed by atoms with Gasteiger partial charge in [-0.3, -0.25) is 0 Å². The SMILES string of the molecule is CCCCNC1CCCC1.Cl. The molecule has 0 aromatic carbocycles. The molecule has 1 aliphatic rings. The summed E-state index contributed by atoms with van der Waals surface area (Å²) in [5.74, 6) is 0. The van der Waals surface area contributed by atoms with Crippen LogP contribution < -0.4 is 5.32 Å². The highest BCUT2D eigenvalue weighted by Crippen LogP contribution is 2.17. The number of halogens is 1. The van der Waals surface area contributed by atoms with Gasteiger partial charge in [-0.25, -0.2) is 0 Å². The van der Waals surface area contributed by atoms with E-state index in [0.29, 0.717) is 0 Å². The van der Waals surface area contributed by atoms with Crippen molar-refractivity contribution in [3.8, 4) is 0 Å². The van der Waals surface area contributed by atoms with Gasteiger partial charge in [0.2, 0.25) is 0 Å². The molecule has 68 valence electrons. The highest BCUT2D eigenvalue weighted by molar-refractivity contribution is 5.85. The summed E-state index contributed by atoms with van der Waals surface area (Å²) < 4.78 is 0. The zero-order valence-electron chi connectivity index (χ0n) is 7.44. The normalized spacial score (nSPS) is 18.3. The maximum Gasteiger partial charge on any atom is 0.00670 e. The average molecular weight is 178 g/mol. The minimum Gasteiger partial charge on any atom is -0.314 e. The lowest BCUT2D eigenvalue weighted by Gasteiger charge is -2.09. The van der Waals surface area contributed by atoms with Crippen molar-refractivity contribution in [2.75, 3.05) is 6.54 Å². The van der Waals surface area contributed by atoms with Crippen molar-refractivity contribution in [3.05, 3.63) is 0 Å². The van der Waals surface area contributed by atoms with Crippen molar-refractivity contribution >= 4 is 12.4 Å². The minimum absolute atomic E-state index is 0.